The molecule has 10 heteroatoms. The SMILES string of the molecule is O=C(CC1CCN(Cc2cc(F)cc(F)c2)CC1)c1ccc(C(=O)N2CCC(C(=O)c3ccc(F)c(F)c3)CC2)cn1. The fourth-order valence-corrected chi connectivity index (χ4v) is 5.77. The molecule has 1 amide bonds. The standard InChI is InChI=1S/C32H31F4N3O3/c33-25-13-21(14-26(34)17-25)19-38-9-5-20(6-10-38)15-30(40)29-4-2-24(18-37-29)32(42)39-11-7-22(8-12-39)31(41)23-1-3-27(35)28(36)16-23/h1-4,13-14,16-18,20,22H,5-12,15,19H2. The number of amides is 1. The molecule has 0 atom stereocenters. The van der Waals surface area contributed by atoms with E-state index >= 15 is 0 Å². The highest BCUT2D eigenvalue weighted by molar-refractivity contribution is 5.99. The number of likely N-dealkylation sites (tertiary alicyclic amines) is 2. The highest BCUT2D eigenvalue weighted by atomic mass is 19.2. The number of aromatic nitrogens is 1. The van der Waals surface area contributed by atoms with Crippen molar-refractivity contribution >= 4 is 17.5 Å². The summed E-state index contributed by atoms with van der Waals surface area (Å²) in [7, 11) is 0. The van der Waals surface area contributed by atoms with Crippen molar-refractivity contribution in [3.63, 3.8) is 0 Å². The van der Waals surface area contributed by atoms with E-state index in [-0.39, 0.29) is 34.9 Å². The van der Waals surface area contributed by atoms with Crippen LogP contribution in [0.1, 0.15) is 68.9 Å². The van der Waals surface area contributed by atoms with Gasteiger partial charge in [-0.2, -0.15) is 0 Å². The molecule has 0 unspecified atom stereocenters. The first-order chi connectivity index (χ1) is 20.2. The monoisotopic (exact) mass is 581 g/mol. The van der Waals surface area contributed by atoms with Crippen LogP contribution in [0.2, 0.25) is 0 Å². The van der Waals surface area contributed by atoms with E-state index in [4.69, 9.17) is 0 Å². The Balaban J connectivity index is 1.08. The number of hydrogen-bond donors (Lipinski definition) is 0. The van der Waals surface area contributed by atoms with E-state index in [1.165, 1.54) is 24.4 Å². The number of nitrogens with zero attached hydrogens (tertiary/aromatic N) is 3. The average molecular weight is 582 g/mol. The van der Waals surface area contributed by atoms with Gasteiger partial charge in [-0.05, 0) is 92.7 Å². The number of Topliss-reactive ketones (excluding diaryl/α,β-unsaturated/α-hetero) is 2. The van der Waals surface area contributed by atoms with Crippen molar-refractivity contribution in [2.45, 2.75) is 38.6 Å². The van der Waals surface area contributed by atoms with Crippen molar-refractivity contribution < 1.29 is 31.9 Å². The molecular formula is C32H31F4N3O3. The van der Waals surface area contributed by atoms with Gasteiger partial charge in [0.2, 0.25) is 0 Å². The highest BCUT2D eigenvalue weighted by Crippen LogP contribution is 2.26. The van der Waals surface area contributed by atoms with Gasteiger partial charge in [-0.3, -0.25) is 24.3 Å². The molecule has 5 rings (SSSR count). The third-order valence-corrected chi connectivity index (χ3v) is 8.16. The Morgan fingerprint density at radius 1 is 0.762 bits per heavy atom. The summed E-state index contributed by atoms with van der Waals surface area (Å²) in [6, 6.07) is 9.78. The number of benzene rings is 2. The quantitative estimate of drug-likeness (QED) is 0.246. The number of rotatable bonds is 8. The smallest absolute Gasteiger partial charge is 0.255 e. The van der Waals surface area contributed by atoms with Crippen LogP contribution in [0.4, 0.5) is 17.6 Å². The van der Waals surface area contributed by atoms with Gasteiger partial charge >= 0.3 is 0 Å². The van der Waals surface area contributed by atoms with Crippen LogP contribution in [0.15, 0.2) is 54.7 Å². The van der Waals surface area contributed by atoms with Crippen molar-refractivity contribution in [1.82, 2.24) is 14.8 Å². The first-order valence-corrected chi connectivity index (χ1v) is 14.1. The molecule has 2 saturated heterocycles. The Hall–Kier alpha value is -3.92. The minimum Gasteiger partial charge on any atom is -0.339 e. The molecule has 3 aromatic rings. The van der Waals surface area contributed by atoms with E-state index in [0.29, 0.717) is 55.7 Å². The zero-order valence-electron chi connectivity index (χ0n) is 23.0. The molecular weight excluding hydrogens is 550 g/mol. The second-order valence-corrected chi connectivity index (χ2v) is 11.1. The molecule has 42 heavy (non-hydrogen) atoms. The lowest BCUT2D eigenvalue weighted by Gasteiger charge is -2.31. The predicted molar refractivity (Wildman–Crippen MR) is 147 cm³/mol. The summed E-state index contributed by atoms with van der Waals surface area (Å²) in [4.78, 5) is 46.6. The van der Waals surface area contributed by atoms with E-state index in [1.54, 1.807) is 17.0 Å². The van der Waals surface area contributed by atoms with Crippen molar-refractivity contribution in [3.8, 4) is 0 Å². The topological polar surface area (TPSA) is 70.6 Å². The van der Waals surface area contributed by atoms with Gasteiger partial charge in [-0.1, -0.05) is 0 Å². The Morgan fingerprint density at radius 2 is 1.43 bits per heavy atom. The van der Waals surface area contributed by atoms with Gasteiger partial charge in [-0.15, -0.1) is 0 Å². The van der Waals surface area contributed by atoms with E-state index in [2.05, 4.69) is 9.88 Å². The van der Waals surface area contributed by atoms with E-state index in [1.807, 2.05) is 0 Å². The van der Waals surface area contributed by atoms with Crippen molar-refractivity contribution in [2.24, 2.45) is 11.8 Å². The maximum atomic E-state index is 13.5. The summed E-state index contributed by atoms with van der Waals surface area (Å²) in [5.74, 6) is -4.07. The molecule has 0 bridgehead atoms. The fourth-order valence-electron chi connectivity index (χ4n) is 5.77. The maximum absolute atomic E-state index is 13.5. The minimum atomic E-state index is -1.07. The molecule has 0 radical (unpaired) electrons. The molecule has 6 nitrogen and oxygen atoms in total. The van der Waals surface area contributed by atoms with E-state index < -0.39 is 23.3 Å². The molecule has 2 fully saturated rings. The Kier molecular flexibility index (Phi) is 9.11. The van der Waals surface area contributed by atoms with Crippen LogP contribution in [0, 0.1) is 35.1 Å². The highest BCUT2D eigenvalue weighted by Gasteiger charge is 2.29. The second-order valence-electron chi connectivity index (χ2n) is 11.1. The normalized spacial score (nSPS) is 16.9. The largest absolute Gasteiger partial charge is 0.339 e. The van der Waals surface area contributed by atoms with E-state index in [9.17, 15) is 31.9 Å². The van der Waals surface area contributed by atoms with Crippen molar-refractivity contribution in [2.75, 3.05) is 26.2 Å². The lowest BCUT2D eigenvalue weighted by atomic mass is 9.88. The molecule has 0 aliphatic carbocycles. The van der Waals surface area contributed by atoms with Gasteiger partial charge < -0.3 is 4.90 Å². The zero-order valence-corrected chi connectivity index (χ0v) is 23.0. The minimum absolute atomic E-state index is 0.101. The number of piperidine rings is 2. The van der Waals surface area contributed by atoms with Gasteiger partial charge in [0, 0.05) is 49.8 Å². The Morgan fingerprint density at radius 3 is 2.05 bits per heavy atom. The Labute approximate surface area is 241 Å². The van der Waals surface area contributed by atoms with Gasteiger partial charge in [0.25, 0.3) is 5.91 Å². The summed E-state index contributed by atoms with van der Waals surface area (Å²) < 4.78 is 53.7. The number of pyridine rings is 1. The van der Waals surface area contributed by atoms with Crippen LogP contribution in [-0.4, -0.2) is 58.4 Å². The first kappa shape index (κ1) is 29.6. The lowest BCUT2D eigenvalue weighted by molar-refractivity contribution is 0.0649. The van der Waals surface area contributed by atoms with Crippen LogP contribution in [-0.2, 0) is 6.54 Å². The van der Waals surface area contributed by atoms with Crippen LogP contribution in [0.3, 0.4) is 0 Å². The van der Waals surface area contributed by atoms with Crippen LogP contribution in [0.5, 0.6) is 0 Å². The van der Waals surface area contributed by atoms with Crippen molar-refractivity contribution in [3.05, 3.63) is 100 Å². The lowest BCUT2D eigenvalue weighted by Crippen LogP contribution is -2.40. The first-order valence-electron chi connectivity index (χ1n) is 14.1. The van der Waals surface area contributed by atoms with Crippen LogP contribution in [0.25, 0.3) is 0 Å². The van der Waals surface area contributed by atoms with Gasteiger partial charge in [0.1, 0.15) is 17.3 Å². The summed E-state index contributed by atoms with van der Waals surface area (Å²) >= 11 is 0. The summed E-state index contributed by atoms with van der Waals surface area (Å²) in [5.41, 5.74) is 1.34. The third-order valence-electron chi connectivity index (χ3n) is 8.16. The number of carbonyl (C=O) groups excluding carboxylic acids is 3. The number of carbonyl (C=O) groups is 3. The second kappa shape index (κ2) is 12.9. The molecule has 2 aliphatic heterocycles. The van der Waals surface area contributed by atoms with Crippen LogP contribution < -0.4 is 0 Å². The molecule has 220 valence electrons. The molecule has 3 heterocycles. The molecule has 0 N–H and O–H groups in total. The van der Waals surface area contributed by atoms with Crippen molar-refractivity contribution in [1.29, 1.82) is 0 Å². The van der Waals surface area contributed by atoms with Gasteiger partial charge in [0.15, 0.2) is 23.2 Å². The zero-order chi connectivity index (χ0) is 29.8. The third kappa shape index (κ3) is 7.10. The predicted octanol–water partition coefficient (Wildman–Crippen LogP) is 5.86. The molecule has 2 aromatic carbocycles. The average Bonchev–Trinajstić information content (AvgIpc) is 2.98. The summed E-state index contributed by atoms with van der Waals surface area (Å²) in [6.07, 6.45) is 4.12. The summed E-state index contributed by atoms with van der Waals surface area (Å²) in [5, 5.41) is 0. The number of ketones is 2. The van der Waals surface area contributed by atoms with Gasteiger partial charge in [0.05, 0.1) is 5.56 Å². The molecule has 2 aliphatic rings. The van der Waals surface area contributed by atoms with Crippen LogP contribution >= 0.6 is 0 Å². The van der Waals surface area contributed by atoms with Gasteiger partial charge in [-0.25, -0.2) is 17.6 Å². The molecule has 1 aromatic heterocycles. The molecule has 0 saturated carbocycles. The Bertz CT molecular complexity index is 1440. The fraction of sp³-hybridized carbons (Fsp3) is 0.375. The number of halogens is 4. The number of hydrogen-bond acceptors (Lipinski definition) is 5. The molecule has 0 spiro atoms. The van der Waals surface area contributed by atoms with E-state index in [0.717, 1.165) is 44.1 Å². The summed E-state index contributed by atoms with van der Waals surface area (Å²) in [6.45, 7) is 2.58. The maximum Gasteiger partial charge on any atom is 0.255 e.